The van der Waals surface area contributed by atoms with E-state index in [1.807, 2.05) is 24.3 Å². The molecule has 4 nitrogen and oxygen atoms in total. The molecule has 1 heterocycles. The second kappa shape index (κ2) is 5.21. The molecule has 1 aromatic heterocycles. The molecular formula is C13H16N4. The van der Waals surface area contributed by atoms with Crippen molar-refractivity contribution in [1.82, 2.24) is 4.98 Å². The van der Waals surface area contributed by atoms with Crippen molar-refractivity contribution in [2.24, 2.45) is 0 Å². The van der Waals surface area contributed by atoms with E-state index < -0.39 is 0 Å². The van der Waals surface area contributed by atoms with E-state index in [2.05, 4.69) is 22.4 Å². The van der Waals surface area contributed by atoms with Gasteiger partial charge in [0.2, 0.25) is 0 Å². The largest absolute Gasteiger partial charge is 0.396 e. The van der Waals surface area contributed by atoms with Crippen LogP contribution in [0.15, 0.2) is 42.5 Å². The second-order valence-corrected chi connectivity index (χ2v) is 3.83. The summed E-state index contributed by atoms with van der Waals surface area (Å²) in [6, 6.07) is 13.9. The summed E-state index contributed by atoms with van der Waals surface area (Å²) in [5.74, 6) is 1.13. The van der Waals surface area contributed by atoms with Gasteiger partial charge in [0.05, 0.1) is 5.69 Å². The number of hydrogen-bond acceptors (Lipinski definition) is 4. The third kappa shape index (κ3) is 3.11. The highest BCUT2D eigenvalue weighted by molar-refractivity contribution is 5.61. The average Bonchev–Trinajstić information content (AvgIpc) is 2.35. The average molecular weight is 228 g/mol. The van der Waals surface area contributed by atoms with Crippen LogP contribution in [0.2, 0.25) is 0 Å². The van der Waals surface area contributed by atoms with Gasteiger partial charge in [-0.1, -0.05) is 30.3 Å². The van der Waals surface area contributed by atoms with Gasteiger partial charge in [-0.3, -0.25) is 0 Å². The van der Waals surface area contributed by atoms with Crippen LogP contribution in [-0.4, -0.2) is 11.5 Å². The first-order valence-electron chi connectivity index (χ1n) is 5.55. The molecule has 0 aliphatic carbocycles. The number of anilines is 3. The van der Waals surface area contributed by atoms with E-state index in [1.165, 1.54) is 5.56 Å². The zero-order valence-electron chi connectivity index (χ0n) is 9.56. The number of nitrogens with one attached hydrogen (secondary N) is 1. The first kappa shape index (κ1) is 11.3. The van der Waals surface area contributed by atoms with Gasteiger partial charge in [-0.25, -0.2) is 4.98 Å². The topological polar surface area (TPSA) is 77.0 Å². The van der Waals surface area contributed by atoms with E-state index in [0.29, 0.717) is 11.5 Å². The minimum atomic E-state index is 0.370. The first-order valence-corrected chi connectivity index (χ1v) is 5.55. The van der Waals surface area contributed by atoms with Crippen molar-refractivity contribution in [3.63, 3.8) is 0 Å². The third-order valence-electron chi connectivity index (χ3n) is 2.52. The highest BCUT2D eigenvalue weighted by atomic mass is 15.0. The fourth-order valence-electron chi connectivity index (χ4n) is 1.56. The fraction of sp³-hybridized carbons (Fsp3) is 0.154. The minimum Gasteiger partial charge on any atom is -0.396 e. The molecule has 0 aliphatic heterocycles. The molecule has 0 atom stereocenters. The maximum Gasteiger partial charge on any atom is 0.149 e. The first-order chi connectivity index (χ1) is 8.25. The van der Waals surface area contributed by atoms with Crippen LogP contribution >= 0.6 is 0 Å². The van der Waals surface area contributed by atoms with Crippen LogP contribution in [0.1, 0.15) is 5.56 Å². The van der Waals surface area contributed by atoms with Crippen LogP contribution in [-0.2, 0) is 6.42 Å². The summed E-state index contributed by atoms with van der Waals surface area (Å²) in [6.07, 6.45) is 0.951. The monoisotopic (exact) mass is 228 g/mol. The van der Waals surface area contributed by atoms with E-state index in [4.69, 9.17) is 11.5 Å². The van der Waals surface area contributed by atoms with Crippen molar-refractivity contribution in [2.75, 3.05) is 23.3 Å². The smallest absolute Gasteiger partial charge is 0.149 e. The van der Waals surface area contributed by atoms with Gasteiger partial charge in [0.1, 0.15) is 11.6 Å². The van der Waals surface area contributed by atoms with Crippen LogP contribution < -0.4 is 16.8 Å². The van der Waals surface area contributed by atoms with Gasteiger partial charge in [-0.2, -0.15) is 0 Å². The molecule has 0 radical (unpaired) electrons. The van der Waals surface area contributed by atoms with Gasteiger partial charge in [0, 0.05) is 6.54 Å². The van der Waals surface area contributed by atoms with Crippen LogP contribution in [0.3, 0.4) is 0 Å². The Balaban J connectivity index is 1.88. The molecule has 88 valence electrons. The summed E-state index contributed by atoms with van der Waals surface area (Å²) in [5, 5.41) is 3.21. The van der Waals surface area contributed by atoms with E-state index in [1.54, 1.807) is 6.07 Å². The van der Waals surface area contributed by atoms with Crippen molar-refractivity contribution >= 4 is 17.3 Å². The van der Waals surface area contributed by atoms with Crippen LogP contribution in [0, 0.1) is 0 Å². The minimum absolute atomic E-state index is 0.370. The van der Waals surface area contributed by atoms with Crippen LogP contribution in [0.25, 0.3) is 0 Å². The number of nitrogen functional groups attached to an aromatic ring is 2. The maximum absolute atomic E-state index is 5.63. The van der Waals surface area contributed by atoms with E-state index >= 15 is 0 Å². The third-order valence-corrected chi connectivity index (χ3v) is 2.52. The van der Waals surface area contributed by atoms with Gasteiger partial charge in [-0.15, -0.1) is 0 Å². The second-order valence-electron chi connectivity index (χ2n) is 3.83. The molecule has 0 unspecified atom stereocenters. The number of rotatable bonds is 4. The molecule has 17 heavy (non-hydrogen) atoms. The Morgan fingerprint density at radius 3 is 2.47 bits per heavy atom. The number of nitrogens with two attached hydrogens (primary N) is 2. The predicted octanol–water partition coefficient (Wildman–Crippen LogP) is 1.90. The van der Waals surface area contributed by atoms with Crippen LogP contribution in [0.4, 0.5) is 17.3 Å². The normalized spacial score (nSPS) is 10.1. The van der Waals surface area contributed by atoms with Gasteiger partial charge >= 0.3 is 0 Å². The van der Waals surface area contributed by atoms with Crippen molar-refractivity contribution in [2.45, 2.75) is 6.42 Å². The van der Waals surface area contributed by atoms with E-state index in [-0.39, 0.29) is 0 Å². The van der Waals surface area contributed by atoms with E-state index in [0.717, 1.165) is 18.8 Å². The molecule has 0 fully saturated rings. The summed E-state index contributed by atoms with van der Waals surface area (Å²) in [7, 11) is 0. The lowest BCUT2D eigenvalue weighted by Gasteiger charge is -2.07. The summed E-state index contributed by atoms with van der Waals surface area (Å²) >= 11 is 0. The van der Waals surface area contributed by atoms with Gasteiger partial charge < -0.3 is 16.8 Å². The molecule has 0 saturated heterocycles. The van der Waals surface area contributed by atoms with Crippen molar-refractivity contribution in [1.29, 1.82) is 0 Å². The zero-order valence-corrected chi connectivity index (χ0v) is 9.56. The molecule has 0 aliphatic rings. The zero-order chi connectivity index (χ0) is 12.1. The SMILES string of the molecule is Nc1ccc(NCCc2ccccc2)nc1N. The van der Waals surface area contributed by atoms with Crippen molar-refractivity contribution in [3.8, 4) is 0 Å². The molecule has 5 N–H and O–H groups in total. The predicted molar refractivity (Wildman–Crippen MR) is 71.7 cm³/mol. The highest BCUT2D eigenvalue weighted by Crippen LogP contribution is 2.14. The Morgan fingerprint density at radius 2 is 1.76 bits per heavy atom. The van der Waals surface area contributed by atoms with E-state index in [9.17, 15) is 0 Å². The molecule has 0 bridgehead atoms. The molecule has 0 spiro atoms. The Morgan fingerprint density at radius 1 is 1.00 bits per heavy atom. The Labute approximate surface area is 101 Å². The van der Waals surface area contributed by atoms with Gasteiger partial charge in [-0.05, 0) is 24.1 Å². The molecular weight excluding hydrogens is 212 g/mol. The Kier molecular flexibility index (Phi) is 3.45. The summed E-state index contributed by atoms with van der Waals surface area (Å²) in [6.45, 7) is 0.820. The number of hydrogen-bond donors (Lipinski definition) is 3. The van der Waals surface area contributed by atoms with Crippen LogP contribution in [0.5, 0.6) is 0 Å². The molecule has 2 rings (SSSR count). The summed E-state index contributed by atoms with van der Waals surface area (Å²) in [5.41, 5.74) is 13.0. The maximum atomic E-state index is 5.63. The number of nitrogens with zero attached hydrogens (tertiary/aromatic N) is 1. The fourth-order valence-corrected chi connectivity index (χ4v) is 1.56. The van der Waals surface area contributed by atoms with Gasteiger partial charge in [0.25, 0.3) is 0 Å². The number of aromatic nitrogens is 1. The standard InChI is InChI=1S/C13H16N4/c14-11-6-7-12(17-13(11)15)16-9-8-10-4-2-1-3-5-10/h1-7H,8-9,14H2,(H3,15,16,17). The molecule has 0 saturated carbocycles. The molecule has 2 aromatic rings. The lowest BCUT2D eigenvalue weighted by molar-refractivity contribution is 1.01. The van der Waals surface area contributed by atoms with Gasteiger partial charge in [0.15, 0.2) is 0 Å². The number of benzene rings is 1. The Hall–Kier alpha value is -2.23. The van der Waals surface area contributed by atoms with Crippen molar-refractivity contribution in [3.05, 3.63) is 48.0 Å². The molecule has 1 aromatic carbocycles. The number of pyridine rings is 1. The molecule has 0 amide bonds. The lowest BCUT2D eigenvalue weighted by Crippen LogP contribution is -2.08. The highest BCUT2D eigenvalue weighted by Gasteiger charge is 1.98. The lowest BCUT2D eigenvalue weighted by atomic mass is 10.1. The Bertz CT molecular complexity index is 482. The molecule has 4 heteroatoms. The van der Waals surface area contributed by atoms with Crippen molar-refractivity contribution < 1.29 is 0 Å². The summed E-state index contributed by atoms with van der Waals surface area (Å²) in [4.78, 5) is 4.15. The quantitative estimate of drug-likeness (QED) is 0.747. The summed E-state index contributed by atoms with van der Waals surface area (Å²) < 4.78 is 0.